The highest BCUT2D eigenvalue weighted by Crippen LogP contribution is 2.17. The fourth-order valence-corrected chi connectivity index (χ4v) is 2.19. The van der Waals surface area contributed by atoms with Crippen LogP contribution >= 0.6 is 0 Å². The van der Waals surface area contributed by atoms with E-state index in [1.807, 2.05) is 0 Å². The lowest BCUT2D eigenvalue weighted by molar-refractivity contribution is 0.557. The maximum absolute atomic E-state index is 11.8. The lowest BCUT2D eigenvalue weighted by Gasteiger charge is -2.06. The van der Waals surface area contributed by atoms with Gasteiger partial charge in [0.15, 0.2) is 0 Å². The molecule has 0 radical (unpaired) electrons. The molecule has 0 bridgehead atoms. The number of rotatable bonds is 3. The van der Waals surface area contributed by atoms with Gasteiger partial charge in [-0.05, 0) is 24.3 Å². The highest BCUT2D eigenvalue weighted by Gasteiger charge is 2.15. The maximum Gasteiger partial charge on any atom is 0.265 e. The second kappa shape index (κ2) is 3.90. The molecule has 0 aliphatic rings. The van der Waals surface area contributed by atoms with Crippen LogP contribution in [0.4, 0.5) is 11.4 Å². The Hall–Kier alpha value is -1.95. The minimum atomic E-state index is -3.59. The Bertz CT molecular complexity index is 576. The largest absolute Gasteiger partial charge is 0.471 e. The molecule has 0 saturated heterocycles. The van der Waals surface area contributed by atoms with Gasteiger partial charge in [-0.3, -0.25) is 4.72 Å². The monoisotopic (exact) mass is 238 g/mol. The molecule has 1 heterocycles. The fourth-order valence-electron chi connectivity index (χ4n) is 1.22. The Morgan fingerprint density at radius 3 is 2.69 bits per heavy atom. The third-order valence-electron chi connectivity index (χ3n) is 1.94. The van der Waals surface area contributed by atoms with Gasteiger partial charge in [-0.25, -0.2) is 8.42 Å². The molecule has 2 aromatic rings. The lowest BCUT2D eigenvalue weighted by atomic mass is 10.3. The molecule has 3 N–H and O–H groups in total. The molecule has 1 aromatic carbocycles. The van der Waals surface area contributed by atoms with Crippen LogP contribution in [0.2, 0.25) is 0 Å². The average molecular weight is 238 g/mol. The molecule has 0 unspecified atom stereocenters. The van der Waals surface area contributed by atoms with Gasteiger partial charge in [0.05, 0.1) is 12.0 Å². The summed E-state index contributed by atoms with van der Waals surface area (Å²) in [5.41, 5.74) is 6.45. The zero-order valence-corrected chi connectivity index (χ0v) is 9.07. The summed E-state index contributed by atoms with van der Waals surface area (Å²) in [7, 11) is -3.59. The van der Waals surface area contributed by atoms with Crippen molar-refractivity contribution in [2.75, 3.05) is 10.5 Å². The number of benzene rings is 1. The Kier molecular flexibility index (Phi) is 2.57. The number of hydrogen-bond acceptors (Lipinski definition) is 4. The van der Waals surface area contributed by atoms with Crippen molar-refractivity contribution < 1.29 is 12.8 Å². The van der Waals surface area contributed by atoms with Crippen molar-refractivity contribution in [3.8, 4) is 0 Å². The molecule has 16 heavy (non-hydrogen) atoms. The van der Waals surface area contributed by atoms with Crippen molar-refractivity contribution in [2.24, 2.45) is 0 Å². The summed E-state index contributed by atoms with van der Waals surface area (Å²) in [4.78, 5) is 0.0786. The number of anilines is 2. The molecule has 6 heteroatoms. The molecule has 0 aliphatic heterocycles. The van der Waals surface area contributed by atoms with E-state index in [0.29, 0.717) is 11.4 Å². The van der Waals surface area contributed by atoms with Crippen LogP contribution in [0.15, 0.2) is 52.2 Å². The van der Waals surface area contributed by atoms with Crippen LogP contribution in [-0.4, -0.2) is 8.42 Å². The summed E-state index contributed by atoms with van der Waals surface area (Å²) in [5, 5.41) is 0. The zero-order chi connectivity index (χ0) is 11.6. The van der Waals surface area contributed by atoms with E-state index in [1.54, 1.807) is 18.2 Å². The topological polar surface area (TPSA) is 85.3 Å². The van der Waals surface area contributed by atoms with Crippen molar-refractivity contribution in [1.29, 1.82) is 0 Å². The normalized spacial score (nSPS) is 11.2. The van der Waals surface area contributed by atoms with Crippen LogP contribution < -0.4 is 10.5 Å². The molecule has 0 spiro atoms. The van der Waals surface area contributed by atoms with Crippen molar-refractivity contribution in [3.63, 3.8) is 0 Å². The van der Waals surface area contributed by atoms with Crippen molar-refractivity contribution in [1.82, 2.24) is 0 Å². The van der Waals surface area contributed by atoms with Gasteiger partial charge in [0.25, 0.3) is 10.0 Å². The van der Waals surface area contributed by atoms with Gasteiger partial charge in [0.1, 0.15) is 11.2 Å². The standard InChI is InChI=1S/C10H10N2O3S/c11-8-2-1-3-9(6-8)12-16(13,14)10-4-5-15-7-10/h1-7,12H,11H2. The second-order valence-corrected chi connectivity index (χ2v) is 4.87. The average Bonchev–Trinajstić information content (AvgIpc) is 2.69. The Morgan fingerprint density at radius 2 is 2.06 bits per heavy atom. The quantitative estimate of drug-likeness (QED) is 0.796. The van der Waals surface area contributed by atoms with Crippen molar-refractivity contribution in [3.05, 3.63) is 42.9 Å². The predicted molar refractivity (Wildman–Crippen MR) is 60.4 cm³/mol. The maximum atomic E-state index is 11.8. The number of hydrogen-bond donors (Lipinski definition) is 2. The molecule has 1 aromatic heterocycles. The SMILES string of the molecule is Nc1cccc(NS(=O)(=O)c2ccoc2)c1. The smallest absolute Gasteiger partial charge is 0.265 e. The summed E-state index contributed by atoms with van der Waals surface area (Å²) in [6.07, 6.45) is 2.46. The summed E-state index contributed by atoms with van der Waals surface area (Å²) in [6, 6.07) is 7.87. The molecule has 0 atom stereocenters. The van der Waals surface area contributed by atoms with Crippen molar-refractivity contribution >= 4 is 21.4 Å². The van der Waals surface area contributed by atoms with Crippen LogP contribution in [0.3, 0.4) is 0 Å². The third-order valence-corrected chi connectivity index (χ3v) is 3.30. The lowest BCUT2D eigenvalue weighted by Crippen LogP contribution is -2.12. The molecular formula is C10H10N2O3S. The van der Waals surface area contributed by atoms with Crippen LogP contribution in [0.5, 0.6) is 0 Å². The molecule has 5 nitrogen and oxygen atoms in total. The van der Waals surface area contributed by atoms with Gasteiger partial charge in [-0.1, -0.05) is 6.07 Å². The molecule has 0 fully saturated rings. The van der Waals surface area contributed by atoms with Gasteiger partial charge in [-0.2, -0.15) is 0 Å². The van der Waals surface area contributed by atoms with Crippen LogP contribution in [0.1, 0.15) is 0 Å². The number of sulfonamides is 1. The highest BCUT2D eigenvalue weighted by atomic mass is 32.2. The van der Waals surface area contributed by atoms with Crippen LogP contribution in [0.25, 0.3) is 0 Å². The second-order valence-electron chi connectivity index (χ2n) is 3.19. The van der Waals surface area contributed by atoms with Gasteiger partial charge >= 0.3 is 0 Å². The fraction of sp³-hybridized carbons (Fsp3) is 0. The number of nitrogens with two attached hydrogens (primary N) is 1. The minimum Gasteiger partial charge on any atom is -0.471 e. The summed E-state index contributed by atoms with van der Waals surface area (Å²) >= 11 is 0. The molecule has 84 valence electrons. The molecule has 0 amide bonds. The molecule has 0 aliphatic carbocycles. The first-order valence-corrected chi connectivity index (χ1v) is 5.97. The molecular weight excluding hydrogens is 228 g/mol. The van der Waals surface area contributed by atoms with Crippen LogP contribution in [0, 0.1) is 0 Å². The van der Waals surface area contributed by atoms with E-state index in [2.05, 4.69) is 4.72 Å². The van der Waals surface area contributed by atoms with Gasteiger partial charge < -0.3 is 10.2 Å². The Labute approximate surface area is 92.9 Å². The number of nitrogens with one attached hydrogen (secondary N) is 1. The van der Waals surface area contributed by atoms with Gasteiger partial charge in [-0.15, -0.1) is 0 Å². The van der Waals surface area contributed by atoms with Crippen molar-refractivity contribution in [2.45, 2.75) is 4.90 Å². The van der Waals surface area contributed by atoms with Gasteiger partial charge in [0.2, 0.25) is 0 Å². The van der Waals surface area contributed by atoms with E-state index >= 15 is 0 Å². The summed E-state index contributed by atoms with van der Waals surface area (Å²) < 4.78 is 30.6. The highest BCUT2D eigenvalue weighted by molar-refractivity contribution is 7.92. The van der Waals surface area contributed by atoms with Gasteiger partial charge in [0, 0.05) is 5.69 Å². The van der Waals surface area contributed by atoms with E-state index in [0.717, 1.165) is 6.26 Å². The summed E-state index contributed by atoms with van der Waals surface area (Å²) in [6.45, 7) is 0. The first kappa shape index (κ1) is 10.6. The minimum absolute atomic E-state index is 0.0786. The van der Waals surface area contributed by atoms with E-state index in [-0.39, 0.29) is 4.90 Å². The Morgan fingerprint density at radius 1 is 1.25 bits per heavy atom. The number of nitrogen functional groups attached to an aromatic ring is 1. The predicted octanol–water partition coefficient (Wildman–Crippen LogP) is 1.66. The van der Waals surface area contributed by atoms with E-state index in [1.165, 1.54) is 18.4 Å². The van der Waals surface area contributed by atoms with Crippen LogP contribution in [-0.2, 0) is 10.0 Å². The van der Waals surface area contributed by atoms with E-state index in [4.69, 9.17) is 10.2 Å². The summed E-state index contributed by atoms with van der Waals surface area (Å²) in [5.74, 6) is 0. The third kappa shape index (κ3) is 2.17. The van der Waals surface area contributed by atoms with E-state index in [9.17, 15) is 8.42 Å². The van der Waals surface area contributed by atoms with E-state index < -0.39 is 10.0 Å². The molecule has 0 saturated carbocycles. The first-order chi connectivity index (χ1) is 7.58. The number of furan rings is 1. The Balaban J connectivity index is 2.29. The molecule has 2 rings (SSSR count). The zero-order valence-electron chi connectivity index (χ0n) is 8.25. The first-order valence-electron chi connectivity index (χ1n) is 4.48.